The summed E-state index contributed by atoms with van der Waals surface area (Å²) < 4.78 is 13.9. The summed E-state index contributed by atoms with van der Waals surface area (Å²) in [5.74, 6) is -0.347. The molecule has 1 saturated heterocycles. The average Bonchev–Trinajstić information content (AvgIpc) is 2.34. The Morgan fingerprint density at radius 1 is 1.26 bits per heavy atom. The highest BCUT2D eigenvalue weighted by Gasteiger charge is 2.30. The third kappa shape index (κ3) is 2.90. The summed E-state index contributed by atoms with van der Waals surface area (Å²) in [4.78, 5) is 4.67. The summed E-state index contributed by atoms with van der Waals surface area (Å²) in [5.41, 5.74) is 0.654. The van der Waals surface area contributed by atoms with E-state index < -0.39 is 0 Å². The van der Waals surface area contributed by atoms with Crippen molar-refractivity contribution < 1.29 is 9.50 Å². The lowest BCUT2D eigenvalue weighted by Gasteiger charge is -2.45. The Labute approximate surface area is 114 Å². The van der Waals surface area contributed by atoms with Crippen molar-refractivity contribution in [1.82, 2.24) is 9.80 Å². The normalized spacial score (nSPS) is 27.4. The molecule has 3 atom stereocenters. The zero-order valence-electron chi connectivity index (χ0n) is 12.1. The van der Waals surface area contributed by atoms with Crippen molar-refractivity contribution >= 4 is 0 Å². The van der Waals surface area contributed by atoms with Crippen molar-refractivity contribution in [3.8, 4) is 5.75 Å². The van der Waals surface area contributed by atoms with E-state index in [4.69, 9.17) is 0 Å². The number of nitrogens with zero attached hydrogens (tertiary/aromatic N) is 2. The second-order valence-corrected chi connectivity index (χ2v) is 5.70. The summed E-state index contributed by atoms with van der Waals surface area (Å²) in [6.45, 7) is 8.29. The number of likely N-dealkylation sites (N-methyl/N-ethyl adjacent to an activating group) is 1. The second-order valence-electron chi connectivity index (χ2n) is 5.70. The van der Waals surface area contributed by atoms with Gasteiger partial charge in [0.1, 0.15) is 11.6 Å². The molecule has 1 aromatic rings. The number of aromatic hydroxyl groups is 1. The van der Waals surface area contributed by atoms with E-state index in [1.54, 1.807) is 12.1 Å². The van der Waals surface area contributed by atoms with E-state index in [2.05, 4.69) is 30.7 Å². The number of hydrogen-bond acceptors (Lipinski definition) is 3. The topological polar surface area (TPSA) is 26.7 Å². The Kier molecular flexibility index (Phi) is 4.11. The number of rotatable bonds is 2. The summed E-state index contributed by atoms with van der Waals surface area (Å²) >= 11 is 0. The van der Waals surface area contributed by atoms with Crippen LogP contribution < -0.4 is 0 Å². The molecular weight excluding hydrogens is 243 g/mol. The highest BCUT2D eigenvalue weighted by molar-refractivity contribution is 5.29. The van der Waals surface area contributed by atoms with Crippen LogP contribution >= 0.6 is 0 Å². The second kappa shape index (κ2) is 5.47. The quantitative estimate of drug-likeness (QED) is 0.891. The van der Waals surface area contributed by atoms with Gasteiger partial charge in [-0.15, -0.1) is 0 Å². The smallest absolute Gasteiger partial charge is 0.131 e. The number of phenolic OH excluding ortho intramolecular Hbond substituents is 1. The first-order valence-corrected chi connectivity index (χ1v) is 6.84. The van der Waals surface area contributed by atoms with Crippen LogP contribution in [0.2, 0.25) is 0 Å². The summed E-state index contributed by atoms with van der Waals surface area (Å²) in [5, 5.41) is 9.29. The van der Waals surface area contributed by atoms with Crippen LogP contribution in [0.1, 0.15) is 32.4 Å². The molecule has 0 bridgehead atoms. The van der Waals surface area contributed by atoms with E-state index >= 15 is 0 Å². The minimum Gasteiger partial charge on any atom is -0.508 e. The maximum atomic E-state index is 13.9. The molecule has 3 unspecified atom stereocenters. The maximum Gasteiger partial charge on any atom is 0.131 e. The van der Waals surface area contributed by atoms with Gasteiger partial charge in [-0.05, 0) is 33.9 Å². The number of hydrogen-bond donors (Lipinski definition) is 1. The lowest BCUT2D eigenvalue weighted by atomic mass is 10.0. The fourth-order valence-corrected chi connectivity index (χ4v) is 2.81. The number of phenols is 1. The largest absolute Gasteiger partial charge is 0.508 e. The Morgan fingerprint density at radius 3 is 2.37 bits per heavy atom. The molecule has 3 nitrogen and oxygen atoms in total. The Morgan fingerprint density at radius 2 is 1.84 bits per heavy atom. The maximum absolute atomic E-state index is 13.9. The summed E-state index contributed by atoms with van der Waals surface area (Å²) in [7, 11) is 2.14. The minimum absolute atomic E-state index is 0.0198. The molecule has 1 aromatic carbocycles. The lowest BCUT2D eigenvalue weighted by Crippen LogP contribution is -2.55. The van der Waals surface area contributed by atoms with Gasteiger partial charge in [0.05, 0.1) is 0 Å². The predicted octanol–water partition coefficient (Wildman–Crippen LogP) is 2.62. The molecule has 106 valence electrons. The fraction of sp³-hybridized carbons (Fsp3) is 0.600. The van der Waals surface area contributed by atoms with E-state index in [9.17, 15) is 9.50 Å². The van der Waals surface area contributed by atoms with Crippen LogP contribution in [-0.4, -0.2) is 47.1 Å². The predicted molar refractivity (Wildman–Crippen MR) is 74.7 cm³/mol. The molecular formula is C15H23FN2O. The van der Waals surface area contributed by atoms with E-state index in [1.165, 1.54) is 6.07 Å². The zero-order chi connectivity index (χ0) is 14.2. The molecule has 1 fully saturated rings. The molecule has 1 aliphatic heterocycles. The number of halogens is 1. The van der Waals surface area contributed by atoms with Crippen LogP contribution in [0.4, 0.5) is 4.39 Å². The summed E-state index contributed by atoms with van der Waals surface area (Å²) in [6, 6.07) is 5.38. The fourth-order valence-electron chi connectivity index (χ4n) is 2.81. The summed E-state index contributed by atoms with van der Waals surface area (Å²) in [6.07, 6.45) is 0. The third-order valence-corrected chi connectivity index (χ3v) is 4.37. The standard InChI is InChI=1S/C15H23FN2O/c1-10-8-18(9-11(2)17(10)4)12(3)14-6-5-13(19)7-15(14)16/h5-7,10-12,19H,8-9H2,1-4H3. The van der Waals surface area contributed by atoms with Crippen molar-refractivity contribution in [2.45, 2.75) is 38.9 Å². The molecule has 4 heteroatoms. The molecule has 2 rings (SSSR count). The van der Waals surface area contributed by atoms with Crippen molar-refractivity contribution in [3.63, 3.8) is 0 Å². The van der Waals surface area contributed by atoms with Crippen LogP contribution in [0.25, 0.3) is 0 Å². The molecule has 1 aliphatic rings. The SMILES string of the molecule is CC(c1ccc(O)cc1F)N1CC(C)N(C)C(C)C1. The molecule has 0 aromatic heterocycles. The highest BCUT2D eigenvalue weighted by atomic mass is 19.1. The molecule has 0 radical (unpaired) electrons. The van der Waals surface area contributed by atoms with Gasteiger partial charge >= 0.3 is 0 Å². The van der Waals surface area contributed by atoms with E-state index in [1.807, 2.05) is 6.92 Å². The first kappa shape index (κ1) is 14.3. The first-order valence-electron chi connectivity index (χ1n) is 6.84. The molecule has 1 N–H and O–H groups in total. The highest BCUT2D eigenvalue weighted by Crippen LogP contribution is 2.28. The van der Waals surface area contributed by atoms with E-state index in [0.717, 1.165) is 13.1 Å². The van der Waals surface area contributed by atoms with Gasteiger partial charge in [0, 0.05) is 42.8 Å². The van der Waals surface area contributed by atoms with Gasteiger partial charge in [-0.3, -0.25) is 9.80 Å². The van der Waals surface area contributed by atoms with Gasteiger partial charge in [-0.1, -0.05) is 6.07 Å². The third-order valence-electron chi connectivity index (χ3n) is 4.37. The van der Waals surface area contributed by atoms with Crippen LogP contribution in [0, 0.1) is 5.82 Å². The molecule has 0 aliphatic carbocycles. The van der Waals surface area contributed by atoms with Crippen molar-refractivity contribution in [1.29, 1.82) is 0 Å². The Hall–Kier alpha value is -1.13. The Balaban J connectivity index is 2.17. The van der Waals surface area contributed by atoms with E-state index in [0.29, 0.717) is 17.6 Å². The molecule has 19 heavy (non-hydrogen) atoms. The van der Waals surface area contributed by atoms with Crippen molar-refractivity contribution in [2.75, 3.05) is 20.1 Å². The van der Waals surface area contributed by atoms with Crippen LogP contribution in [0.15, 0.2) is 18.2 Å². The first-order chi connectivity index (χ1) is 8.90. The van der Waals surface area contributed by atoms with Crippen LogP contribution in [-0.2, 0) is 0 Å². The van der Waals surface area contributed by atoms with Gasteiger partial charge in [0.2, 0.25) is 0 Å². The minimum atomic E-state index is -0.327. The van der Waals surface area contributed by atoms with Gasteiger partial charge in [-0.2, -0.15) is 0 Å². The van der Waals surface area contributed by atoms with Crippen LogP contribution in [0.3, 0.4) is 0 Å². The average molecular weight is 266 g/mol. The Bertz CT molecular complexity index is 440. The molecule has 1 heterocycles. The van der Waals surface area contributed by atoms with Crippen LogP contribution in [0.5, 0.6) is 5.75 Å². The van der Waals surface area contributed by atoms with Gasteiger partial charge < -0.3 is 5.11 Å². The van der Waals surface area contributed by atoms with Crippen molar-refractivity contribution in [2.24, 2.45) is 0 Å². The molecule has 0 amide bonds. The zero-order valence-corrected chi connectivity index (χ0v) is 12.1. The lowest BCUT2D eigenvalue weighted by molar-refractivity contribution is 0.0368. The number of benzene rings is 1. The van der Waals surface area contributed by atoms with Gasteiger partial charge in [-0.25, -0.2) is 4.39 Å². The molecule has 0 spiro atoms. The van der Waals surface area contributed by atoms with Crippen molar-refractivity contribution in [3.05, 3.63) is 29.6 Å². The molecule has 0 saturated carbocycles. The monoisotopic (exact) mass is 266 g/mol. The van der Waals surface area contributed by atoms with Gasteiger partial charge in [0.25, 0.3) is 0 Å². The van der Waals surface area contributed by atoms with Gasteiger partial charge in [0.15, 0.2) is 0 Å². The van der Waals surface area contributed by atoms with E-state index in [-0.39, 0.29) is 17.6 Å². The number of piperazine rings is 1.